The van der Waals surface area contributed by atoms with Crippen molar-refractivity contribution in [1.82, 2.24) is 15.0 Å². The lowest BCUT2D eigenvalue weighted by atomic mass is 9.73. The van der Waals surface area contributed by atoms with Crippen LogP contribution in [0.25, 0.3) is 21.9 Å². The summed E-state index contributed by atoms with van der Waals surface area (Å²) in [5.74, 6) is 2.22. The molecule has 0 bridgehead atoms. The minimum atomic E-state index is -0.204. The first-order valence-corrected chi connectivity index (χ1v) is 11.9. The van der Waals surface area contributed by atoms with E-state index < -0.39 is 0 Å². The number of aryl methyl sites for hydroxylation is 1. The van der Waals surface area contributed by atoms with Gasteiger partial charge in [0.2, 0.25) is 5.91 Å². The van der Waals surface area contributed by atoms with Crippen LogP contribution in [0, 0.1) is 11.7 Å². The molecular weight excluding hydrogens is 415 g/mol. The average Bonchev–Trinajstić information content (AvgIpc) is 3.24. The highest BCUT2D eigenvalue weighted by atomic mass is 19.1. The summed E-state index contributed by atoms with van der Waals surface area (Å²) in [5, 5.41) is 3.92. The molecule has 2 aliphatic rings. The number of nitrogens with zero attached hydrogens (tertiary/aromatic N) is 2. The Bertz CT molecular complexity index is 1370. The second kappa shape index (κ2) is 7.94. The summed E-state index contributed by atoms with van der Waals surface area (Å²) in [5.41, 5.74) is 6.12. The van der Waals surface area contributed by atoms with E-state index in [1.54, 1.807) is 12.1 Å². The Kier molecular flexibility index (Phi) is 4.89. The van der Waals surface area contributed by atoms with Crippen LogP contribution in [-0.2, 0) is 11.2 Å². The molecule has 0 spiro atoms. The van der Waals surface area contributed by atoms with Gasteiger partial charge in [-0.3, -0.25) is 9.78 Å². The lowest BCUT2D eigenvalue weighted by Crippen LogP contribution is -2.19. The number of halogens is 1. The number of nitrogens with one attached hydrogen (secondary N) is 2. The third kappa shape index (κ3) is 3.67. The summed E-state index contributed by atoms with van der Waals surface area (Å²) in [6.07, 6.45) is 7.58. The maximum atomic E-state index is 13.9. The molecule has 4 aromatic rings. The Hall–Kier alpha value is -3.28. The second-order valence-corrected chi connectivity index (χ2v) is 9.66. The number of hydrogen-bond donors (Lipinski definition) is 2. The summed E-state index contributed by atoms with van der Waals surface area (Å²) >= 11 is 0. The molecule has 33 heavy (non-hydrogen) atoms. The zero-order valence-corrected chi connectivity index (χ0v) is 18.7. The summed E-state index contributed by atoms with van der Waals surface area (Å²) in [6, 6.07) is 11.1. The van der Waals surface area contributed by atoms with E-state index in [2.05, 4.69) is 34.3 Å². The van der Waals surface area contributed by atoms with E-state index in [1.165, 1.54) is 17.2 Å². The molecule has 5 nitrogen and oxygen atoms in total. The van der Waals surface area contributed by atoms with Crippen molar-refractivity contribution in [2.75, 3.05) is 5.32 Å². The number of pyridine rings is 1. The van der Waals surface area contributed by atoms with Gasteiger partial charge in [0.05, 0.1) is 16.6 Å². The highest BCUT2D eigenvalue weighted by molar-refractivity contribution is 5.96. The molecule has 6 heteroatoms. The Balaban J connectivity index is 1.20. The molecule has 168 valence electrons. The average molecular weight is 443 g/mol. The first-order chi connectivity index (χ1) is 16.0. The quantitative estimate of drug-likeness (QED) is 0.396. The number of fused-ring (bicyclic) bond motifs is 3. The topological polar surface area (TPSA) is 70.7 Å². The Morgan fingerprint density at radius 1 is 1.03 bits per heavy atom. The molecule has 2 aromatic carbocycles. The van der Waals surface area contributed by atoms with Gasteiger partial charge in [0.25, 0.3) is 0 Å². The number of carbonyl (C=O) groups is 1. The number of aromatic nitrogens is 3. The van der Waals surface area contributed by atoms with E-state index in [9.17, 15) is 9.18 Å². The van der Waals surface area contributed by atoms with Crippen LogP contribution in [-0.4, -0.2) is 20.9 Å². The van der Waals surface area contributed by atoms with Crippen molar-refractivity contribution in [3.63, 3.8) is 0 Å². The maximum absolute atomic E-state index is 13.9. The van der Waals surface area contributed by atoms with E-state index in [1.807, 2.05) is 12.3 Å². The van der Waals surface area contributed by atoms with Crippen LogP contribution in [0.5, 0.6) is 0 Å². The predicted molar refractivity (Wildman–Crippen MR) is 128 cm³/mol. The molecule has 3 heterocycles. The largest absolute Gasteiger partial charge is 0.342 e. The highest BCUT2D eigenvalue weighted by Crippen LogP contribution is 2.43. The molecule has 2 aromatic heterocycles. The number of carbonyl (C=O) groups excluding carboxylic acids is 1. The number of imidazole rings is 1. The first kappa shape index (κ1) is 20.3. The first-order valence-electron chi connectivity index (χ1n) is 11.9. The van der Waals surface area contributed by atoms with Crippen LogP contribution in [0.2, 0.25) is 0 Å². The molecule has 1 fully saturated rings. The lowest BCUT2D eigenvalue weighted by molar-refractivity contribution is -0.116. The van der Waals surface area contributed by atoms with Crippen LogP contribution >= 0.6 is 0 Å². The minimum absolute atomic E-state index is 0.0763. The van der Waals surface area contributed by atoms with Crippen molar-refractivity contribution >= 4 is 33.5 Å². The molecule has 2 N–H and O–H groups in total. The van der Waals surface area contributed by atoms with Gasteiger partial charge in [-0.15, -0.1) is 0 Å². The van der Waals surface area contributed by atoms with Crippen molar-refractivity contribution in [1.29, 1.82) is 0 Å². The number of anilines is 1. The second-order valence-electron chi connectivity index (χ2n) is 9.66. The van der Waals surface area contributed by atoms with Crippen LogP contribution in [0.1, 0.15) is 67.8 Å². The standard InChI is InChI=1S/C27H27FN4O/c1-15(27-31-24-12-18-6-9-26(33)30-23(18)14-25(24)32-27)16-2-4-17(5-3-16)20-10-11-29-22-8-7-19(28)13-21(20)22/h7-8,10-17H,2-6,9H2,1H3,(H,30,33)(H,31,32). The molecule has 1 saturated carbocycles. The Morgan fingerprint density at radius 2 is 1.88 bits per heavy atom. The van der Waals surface area contributed by atoms with Gasteiger partial charge in [-0.1, -0.05) is 6.92 Å². The van der Waals surface area contributed by atoms with E-state index in [0.717, 1.165) is 65.6 Å². The summed E-state index contributed by atoms with van der Waals surface area (Å²) < 4.78 is 13.9. The third-order valence-corrected chi connectivity index (χ3v) is 7.71. The van der Waals surface area contributed by atoms with Gasteiger partial charge in [-0.05, 0) is 91.5 Å². The van der Waals surface area contributed by atoms with Crippen molar-refractivity contribution in [2.24, 2.45) is 5.92 Å². The zero-order valence-electron chi connectivity index (χ0n) is 18.7. The van der Waals surface area contributed by atoms with Crippen molar-refractivity contribution < 1.29 is 9.18 Å². The molecule has 1 unspecified atom stereocenters. The van der Waals surface area contributed by atoms with Crippen molar-refractivity contribution in [3.05, 3.63) is 65.4 Å². The van der Waals surface area contributed by atoms with E-state index in [0.29, 0.717) is 24.2 Å². The smallest absolute Gasteiger partial charge is 0.224 e. The predicted octanol–water partition coefficient (Wildman–Crippen LogP) is 6.21. The van der Waals surface area contributed by atoms with Gasteiger partial charge in [0.1, 0.15) is 11.6 Å². The lowest BCUT2D eigenvalue weighted by Gasteiger charge is -2.32. The number of amides is 1. The fourth-order valence-corrected chi connectivity index (χ4v) is 5.77. The highest BCUT2D eigenvalue weighted by Gasteiger charge is 2.29. The van der Waals surface area contributed by atoms with Gasteiger partial charge in [-0.25, -0.2) is 9.37 Å². The summed E-state index contributed by atoms with van der Waals surface area (Å²) in [7, 11) is 0. The number of aromatic amines is 1. The van der Waals surface area contributed by atoms with Crippen LogP contribution in [0.15, 0.2) is 42.6 Å². The molecular formula is C27H27FN4O. The molecule has 1 aliphatic carbocycles. The Morgan fingerprint density at radius 3 is 2.73 bits per heavy atom. The fourth-order valence-electron chi connectivity index (χ4n) is 5.77. The summed E-state index contributed by atoms with van der Waals surface area (Å²) in [6.45, 7) is 2.27. The molecule has 1 aliphatic heterocycles. The number of hydrogen-bond acceptors (Lipinski definition) is 3. The monoisotopic (exact) mass is 442 g/mol. The van der Waals surface area contributed by atoms with Crippen LogP contribution in [0.3, 0.4) is 0 Å². The number of H-pyrrole nitrogens is 1. The van der Waals surface area contributed by atoms with Gasteiger partial charge in [-0.2, -0.15) is 0 Å². The normalized spacial score (nSPS) is 21.7. The van der Waals surface area contributed by atoms with E-state index in [-0.39, 0.29) is 11.7 Å². The van der Waals surface area contributed by atoms with Gasteiger partial charge < -0.3 is 10.3 Å². The summed E-state index contributed by atoms with van der Waals surface area (Å²) in [4.78, 5) is 24.6. The van der Waals surface area contributed by atoms with Crippen molar-refractivity contribution in [2.45, 2.75) is 57.3 Å². The number of rotatable bonds is 3. The minimum Gasteiger partial charge on any atom is -0.342 e. The third-order valence-electron chi connectivity index (χ3n) is 7.71. The molecule has 0 radical (unpaired) electrons. The molecule has 1 amide bonds. The molecule has 0 saturated heterocycles. The fraction of sp³-hybridized carbons (Fsp3) is 0.370. The van der Waals surface area contributed by atoms with E-state index >= 15 is 0 Å². The van der Waals surface area contributed by atoms with Gasteiger partial charge >= 0.3 is 0 Å². The Labute approximate surface area is 191 Å². The van der Waals surface area contributed by atoms with Crippen LogP contribution in [0.4, 0.5) is 10.1 Å². The SMILES string of the molecule is CC(c1nc2cc3c(cc2[nH]1)CCC(=O)N3)C1CCC(c2ccnc3ccc(F)cc23)CC1. The zero-order chi connectivity index (χ0) is 22.5. The number of benzene rings is 2. The van der Waals surface area contributed by atoms with Crippen LogP contribution < -0.4 is 5.32 Å². The van der Waals surface area contributed by atoms with Gasteiger partial charge in [0.15, 0.2) is 0 Å². The molecule has 6 rings (SSSR count). The van der Waals surface area contributed by atoms with E-state index in [4.69, 9.17) is 4.98 Å². The maximum Gasteiger partial charge on any atom is 0.224 e. The van der Waals surface area contributed by atoms with Gasteiger partial charge in [0, 0.05) is 29.6 Å². The molecule has 1 atom stereocenters. The van der Waals surface area contributed by atoms with Crippen molar-refractivity contribution in [3.8, 4) is 0 Å².